The Morgan fingerprint density at radius 1 is 0.520 bits per heavy atom. The second-order valence-corrected chi connectivity index (χ2v) is 7.02. The highest BCUT2D eigenvalue weighted by Crippen LogP contribution is 2.45. The van der Waals surface area contributed by atoms with Crippen molar-refractivity contribution in [3.05, 3.63) is 96.1 Å². The minimum absolute atomic E-state index is 1.04. The lowest BCUT2D eigenvalue weighted by Crippen LogP contribution is -1.85. The third kappa shape index (κ3) is 1.77. The lowest BCUT2D eigenvalue weighted by molar-refractivity contribution is 1.27. The lowest BCUT2D eigenvalue weighted by Gasteiger charge is -2.11. The van der Waals surface area contributed by atoms with Crippen molar-refractivity contribution in [1.29, 1.82) is 0 Å². The fraction of sp³-hybridized carbons (Fsp3) is 0.0400. The third-order valence-electron chi connectivity index (χ3n) is 5.62. The van der Waals surface area contributed by atoms with Gasteiger partial charge < -0.3 is 0 Å². The Morgan fingerprint density at radius 3 is 2.08 bits per heavy atom. The van der Waals surface area contributed by atoms with Gasteiger partial charge in [-0.1, -0.05) is 78.9 Å². The molecule has 0 radical (unpaired) electrons. The van der Waals surface area contributed by atoms with E-state index in [1.165, 1.54) is 54.6 Å². The van der Waals surface area contributed by atoms with Crippen LogP contribution in [0.25, 0.3) is 43.4 Å². The van der Waals surface area contributed by atoms with Crippen LogP contribution >= 0.6 is 0 Å². The van der Waals surface area contributed by atoms with E-state index in [-0.39, 0.29) is 0 Å². The van der Waals surface area contributed by atoms with Gasteiger partial charge in [-0.25, -0.2) is 0 Å². The van der Waals surface area contributed by atoms with E-state index >= 15 is 0 Å². The van der Waals surface area contributed by atoms with Crippen molar-refractivity contribution in [3.8, 4) is 11.1 Å². The molecule has 0 unspecified atom stereocenters. The molecule has 0 heteroatoms. The zero-order valence-corrected chi connectivity index (χ0v) is 13.8. The summed E-state index contributed by atoms with van der Waals surface area (Å²) in [6, 6.07) is 31.3. The van der Waals surface area contributed by atoms with Crippen LogP contribution in [0, 0.1) is 0 Å². The highest BCUT2D eigenvalue weighted by molar-refractivity contribution is 6.16. The summed E-state index contributed by atoms with van der Waals surface area (Å²) in [5.74, 6) is 0. The van der Waals surface area contributed by atoms with Crippen LogP contribution in [0.3, 0.4) is 0 Å². The van der Waals surface area contributed by atoms with E-state index in [9.17, 15) is 0 Å². The maximum atomic E-state index is 2.39. The molecule has 0 bridgehead atoms. The molecule has 1 aliphatic carbocycles. The SMILES string of the molecule is c1ccc2cc3c(cc2c1)Cc1ccc2ccc4ccccc4c2c1-3. The molecule has 0 atom stereocenters. The highest BCUT2D eigenvalue weighted by atomic mass is 14.3. The first-order valence-electron chi connectivity index (χ1n) is 8.84. The monoisotopic (exact) mass is 316 g/mol. The molecule has 1 aliphatic rings. The Balaban J connectivity index is 1.81. The van der Waals surface area contributed by atoms with E-state index in [1.807, 2.05) is 0 Å². The van der Waals surface area contributed by atoms with Gasteiger partial charge in [0.1, 0.15) is 0 Å². The van der Waals surface area contributed by atoms with Gasteiger partial charge in [0.05, 0.1) is 0 Å². The van der Waals surface area contributed by atoms with E-state index in [0.717, 1.165) is 6.42 Å². The normalized spacial score (nSPS) is 12.6. The van der Waals surface area contributed by atoms with Gasteiger partial charge in [0.25, 0.3) is 0 Å². The molecule has 0 amide bonds. The quantitative estimate of drug-likeness (QED) is 0.273. The van der Waals surface area contributed by atoms with E-state index in [2.05, 4.69) is 84.9 Å². The molecular formula is C25H16. The summed E-state index contributed by atoms with van der Waals surface area (Å²) >= 11 is 0. The van der Waals surface area contributed by atoms with Crippen LogP contribution in [-0.4, -0.2) is 0 Å². The zero-order valence-electron chi connectivity index (χ0n) is 13.8. The van der Waals surface area contributed by atoms with Crippen LogP contribution in [0.2, 0.25) is 0 Å². The summed E-state index contributed by atoms with van der Waals surface area (Å²) in [7, 11) is 0. The van der Waals surface area contributed by atoms with Gasteiger partial charge in [0.2, 0.25) is 0 Å². The molecule has 0 aromatic heterocycles. The summed E-state index contributed by atoms with van der Waals surface area (Å²) in [5.41, 5.74) is 5.76. The van der Waals surface area contributed by atoms with Gasteiger partial charge in [0, 0.05) is 0 Å². The van der Waals surface area contributed by atoms with Crippen molar-refractivity contribution in [2.24, 2.45) is 0 Å². The summed E-state index contributed by atoms with van der Waals surface area (Å²) in [6.45, 7) is 0. The van der Waals surface area contributed by atoms with Crippen LogP contribution in [0.4, 0.5) is 0 Å². The van der Waals surface area contributed by atoms with Gasteiger partial charge in [-0.15, -0.1) is 0 Å². The molecule has 0 N–H and O–H groups in total. The average molecular weight is 316 g/mol. The van der Waals surface area contributed by atoms with Crippen molar-refractivity contribution >= 4 is 32.3 Å². The van der Waals surface area contributed by atoms with Crippen molar-refractivity contribution in [3.63, 3.8) is 0 Å². The van der Waals surface area contributed by atoms with Crippen LogP contribution in [0.1, 0.15) is 11.1 Å². The molecule has 0 fully saturated rings. The minimum Gasteiger partial charge on any atom is -0.0616 e. The van der Waals surface area contributed by atoms with E-state index in [1.54, 1.807) is 0 Å². The van der Waals surface area contributed by atoms with Gasteiger partial charge in [-0.05, 0) is 67.1 Å². The first kappa shape index (κ1) is 13.2. The van der Waals surface area contributed by atoms with Crippen LogP contribution < -0.4 is 0 Å². The number of hydrogen-bond donors (Lipinski definition) is 0. The number of rotatable bonds is 0. The average Bonchev–Trinajstić information content (AvgIpc) is 3.03. The molecule has 116 valence electrons. The Hall–Kier alpha value is -3.12. The third-order valence-corrected chi connectivity index (χ3v) is 5.62. The summed E-state index contributed by atoms with van der Waals surface area (Å²) in [4.78, 5) is 0. The number of hydrogen-bond acceptors (Lipinski definition) is 0. The van der Waals surface area contributed by atoms with Crippen molar-refractivity contribution < 1.29 is 0 Å². The molecular weight excluding hydrogens is 300 g/mol. The smallest absolute Gasteiger partial charge is 0.00130 e. The first-order chi connectivity index (χ1) is 12.4. The molecule has 6 rings (SSSR count). The predicted molar refractivity (Wildman–Crippen MR) is 107 cm³/mol. The molecule has 0 aliphatic heterocycles. The molecule has 25 heavy (non-hydrogen) atoms. The summed E-state index contributed by atoms with van der Waals surface area (Å²) in [5, 5.41) is 8.08. The van der Waals surface area contributed by atoms with Crippen LogP contribution in [-0.2, 0) is 6.42 Å². The second-order valence-electron chi connectivity index (χ2n) is 7.02. The van der Waals surface area contributed by atoms with Gasteiger partial charge in [-0.2, -0.15) is 0 Å². The Bertz CT molecular complexity index is 1310. The van der Waals surface area contributed by atoms with E-state index < -0.39 is 0 Å². The first-order valence-corrected chi connectivity index (χ1v) is 8.84. The maximum absolute atomic E-state index is 2.39. The Morgan fingerprint density at radius 2 is 1.20 bits per heavy atom. The lowest BCUT2D eigenvalue weighted by atomic mass is 9.92. The number of benzene rings is 5. The summed E-state index contributed by atoms with van der Waals surface area (Å²) in [6.07, 6.45) is 1.04. The minimum atomic E-state index is 1.04. The number of fused-ring (bicyclic) bond motifs is 8. The maximum Gasteiger partial charge on any atom is -0.00130 e. The van der Waals surface area contributed by atoms with Gasteiger partial charge in [0.15, 0.2) is 0 Å². The fourth-order valence-corrected chi connectivity index (χ4v) is 4.47. The van der Waals surface area contributed by atoms with Crippen LogP contribution in [0.15, 0.2) is 84.9 Å². The molecule has 0 heterocycles. The molecule has 0 saturated carbocycles. The highest BCUT2D eigenvalue weighted by Gasteiger charge is 2.22. The largest absolute Gasteiger partial charge is 0.0616 e. The van der Waals surface area contributed by atoms with E-state index in [4.69, 9.17) is 0 Å². The second kappa shape index (κ2) is 4.70. The Kier molecular flexibility index (Phi) is 2.48. The molecule has 5 aromatic rings. The predicted octanol–water partition coefficient (Wildman–Crippen LogP) is 6.72. The topological polar surface area (TPSA) is 0 Å². The standard InChI is InChI=1S/C25H16/c1-2-7-19-15-23-21(13-18(19)6-1)14-20-12-11-17-10-9-16-5-3-4-8-22(16)24(17)25(20)23/h1-13,15H,14H2. The molecule has 0 nitrogen and oxygen atoms in total. The summed E-state index contributed by atoms with van der Waals surface area (Å²) < 4.78 is 0. The van der Waals surface area contributed by atoms with Crippen molar-refractivity contribution in [2.45, 2.75) is 6.42 Å². The molecule has 5 aromatic carbocycles. The van der Waals surface area contributed by atoms with E-state index in [0.29, 0.717) is 0 Å². The molecule has 0 saturated heterocycles. The zero-order chi connectivity index (χ0) is 16.4. The Labute approximate surface area is 146 Å². The van der Waals surface area contributed by atoms with Gasteiger partial charge in [-0.3, -0.25) is 0 Å². The molecule has 0 spiro atoms. The van der Waals surface area contributed by atoms with Gasteiger partial charge >= 0.3 is 0 Å². The van der Waals surface area contributed by atoms with Crippen molar-refractivity contribution in [1.82, 2.24) is 0 Å². The van der Waals surface area contributed by atoms with Crippen molar-refractivity contribution in [2.75, 3.05) is 0 Å². The van der Waals surface area contributed by atoms with Crippen LogP contribution in [0.5, 0.6) is 0 Å². The fourth-order valence-electron chi connectivity index (χ4n) is 4.47.